The molecule has 1 aromatic carbocycles. The standard InChI is InChI=1S/C23H28N2O4/c1-4-29-21(28)23(11-9-15(2)26)13-12-22(3)19-17(10-14-25(22)20(23)27)16-7-5-6-8-18(16)24-19/h5-8,24H,4,9-14H2,1-3H3. The Morgan fingerprint density at radius 3 is 2.72 bits per heavy atom. The van der Waals surface area contributed by atoms with E-state index in [4.69, 9.17) is 4.74 Å². The Morgan fingerprint density at radius 2 is 2.00 bits per heavy atom. The summed E-state index contributed by atoms with van der Waals surface area (Å²) in [5.74, 6) is -0.711. The zero-order valence-electron chi connectivity index (χ0n) is 17.3. The number of rotatable bonds is 5. The topological polar surface area (TPSA) is 79.5 Å². The maximum atomic E-state index is 13.7. The molecule has 1 aromatic heterocycles. The van der Waals surface area contributed by atoms with E-state index in [9.17, 15) is 14.4 Å². The lowest BCUT2D eigenvalue weighted by atomic mass is 9.67. The summed E-state index contributed by atoms with van der Waals surface area (Å²) < 4.78 is 5.31. The molecule has 4 rings (SSSR count). The summed E-state index contributed by atoms with van der Waals surface area (Å²) in [5, 5.41) is 1.20. The van der Waals surface area contributed by atoms with E-state index >= 15 is 0 Å². The van der Waals surface area contributed by atoms with Gasteiger partial charge >= 0.3 is 5.97 Å². The number of nitrogens with zero attached hydrogens (tertiary/aromatic N) is 1. The summed E-state index contributed by atoms with van der Waals surface area (Å²) in [6.45, 7) is 6.10. The molecule has 1 N–H and O–H groups in total. The van der Waals surface area contributed by atoms with Crippen LogP contribution in [0, 0.1) is 5.41 Å². The summed E-state index contributed by atoms with van der Waals surface area (Å²) in [4.78, 5) is 43.7. The van der Waals surface area contributed by atoms with E-state index in [-0.39, 0.29) is 31.1 Å². The number of para-hydroxylation sites is 1. The van der Waals surface area contributed by atoms with Gasteiger partial charge in [0, 0.05) is 29.6 Å². The minimum Gasteiger partial charge on any atom is -0.465 e. The van der Waals surface area contributed by atoms with E-state index in [2.05, 4.69) is 24.0 Å². The lowest BCUT2D eigenvalue weighted by Crippen LogP contribution is -2.62. The Bertz CT molecular complexity index is 994. The minimum absolute atomic E-state index is 0.0219. The quantitative estimate of drug-likeness (QED) is 0.620. The fourth-order valence-corrected chi connectivity index (χ4v) is 5.11. The van der Waals surface area contributed by atoms with Crippen molar-refractivity contribution in [2.45, 2.75) is 58.4 Å². The molecule has 0 bridgehead atoms. The number of hydrogen-bond acceptors (Lipinski definition) is 4. The van der Waals surface area contributed by atoms with Crippen LogP contribution in [0.15, 0.2) is 24.3 Å². The number of carbonyl (C=O) groups excluding carboxylic acids is 3. The first kappa shape index (κ1) is 19.7. The molecule has 0 spiro atoms. The van der Waals surface area contributed by atoms with Crippen LogP contribution in [-0.4, -0.2) is 40.7 Å². The first-order valence-corrected chi connectivity index (χ1v) is 10.4. The van der Waals surface area contributed by atoms with E-state index in [1.165, 1.54) is 17.9 Å². The number of Topliss-reactive ketones (excluding diaryl/α,β-unsaturated/α-hetero) is 1. The van der Waals surface area contributed by atoms with Crippen molar-refractivity contribution in [1.82, 2.24) is 9.88 Å². The van der Waals surface area contributed by atoms with Crippen molar-refractivity contribution in [3.8, 4) is 0 Å². The zero-order valence-corrected chi connectivity index (χ0v) is 17.3. The van der Waals surface area contributed by atoms with Gasteiger partial charge < -0.3 is 19.4 Å². The number of ketones is 1. The Kier molecular flexibility index (Phi) is 4.75. The smallest absolute Gasteiger partial charge is 0.321 e. The van der Waals surface area contributed by atoms with Gasteiger partial charge in [-0.1, -0.05) is 18.2 Å². The maximum absolute atomic E-state index is 13.7. The molecule has 2 aromatic rings. The number of esters is 1. The average Bonchev–Trinajstić information content (AvgIpc) is 3.08. The van der Waals surface area contributed by atoms with E-state index < -0.39 is 16.9 Å². The van der Waals surface area contributed by atoms with Crippen molar-refractivity contribution in [2.24, 2.45) is 5.41 Å². The lowest BCUT2D eigenvalue weighted by molar-refractivity contribution is -0.176. The van der Waals surface area contributed by atoms with Crippen LogP contribution >= 0.6 is 0 Å². The highest BCUT2D eigenvalue weighted by Crippen LogP contribution is 2.50. The van der Waals surface area contributed by atoms with Crippen molar-refractivity contribution in [2.75, 3.05) is 13.2 Å². The minimum atomic E-state index is -1.26. The third-order valence-electron chi connectivity index (χ3n) is 6.80. The number of H-pyrrole nitrogens is 1. The number of amides is 1. The van der Waals surface area contributed by atoms with E-state index in [1.807, 2.05) is 17.0 Å². The summed E-state index contributed by atoms with van der Waals surface area (Å²) >= 11 is 0. The lowest BCUT2D eigenvalue weighted by Gasteiger charge is -2.52. The molecular formula is C23H28N2O4. The molecule has 29 heavy (non-hydrogen) atoms. The number of ether oxygens (including phenoxy) is 1. The number of aromatic amines is 1. The molecule has 3 heterocycles. The first-order valence-electron chi connectivity index (χ1n) is 10.4. The first-order chi connectivity index (χ1) is 13.8. The number of piperidine rings is 1. The summed E-state index contributed by atoms with van der Waals surface area (Å²) in [6.07, 6.45) is 2.19. The molecule has 0 saturated carbocycles. The Hall–Kier alpha value is -2.63. The molecular weight excluding hydrogens is 368 g/mol. The van der Waals surface area contributed by atoms with Crippen LogP contribution in [0.5, 0.6) is 0 Å². The fraction of sp³-hybridized carbons (Fsp3) is 0.522. The molecule has 1 amide bonds. The Morgan fingerprint density at radius 1 is 1.24 bits per heavy atom. The highest BCUT2D eigenvalue weighted by molar-refractivity contribution is 6.04. The number of fused-ring (bicyclic) bond motifs is 5. The van der Waals surface area contributed by atoms with Crippen LogP contribution < -0.4 is 0 Å². The van der Waals surface area contributed by atoms with Crippen molar-refractivity contribution in [3.63, 3.8) is 0 Å². The van der Waals surface area contributed by atoms with Gasteiger partial charge in [-0.25, -0.2) is 0 Å². The predicted molar refractivity (Wildman–Crippen MR) is 109 cm³/mol. The second-order valence-corrected chi connectivity index (χ2v) is 8.51. The number of hydrogen-bond donors (Lipinski definition) is 1. The van der Waals surface area contributed by atoms with E-state index in [0.29, 0.717) is 19.4 Å². The SMILES string of the molecule is CCOC(=O)C1(CCC(C)=O)CCC2(C)c3[nH]c4ccccc4c3CCN2C1=O. The van der Waals surface area contributed by atoms with Crippen molar-refractivity contribution in [3.05, 3.63) is 35.5 Å². The van der Waals surface area contributed by atoms with Gasteiger partial charge in [-0.2, -0.15) is 0 Å². The molecule has 2 unspecified atom stereocenters. The second kappa shape index (κ2) is 7.01. The van der Waals surface area contributed by atoms with Crippen LogP contribution in [0.2, 0.25) is 0 Å². The number of benzene rings is 1. The molecule has 2 aliphatic heterocycles. The highest BCUT2D eigenvalue weighted by Gasteiger charge is 2.58. The van der Waals surface area contributed by atoms with Crippen LogP contribution in [-0.2, 0) is 31.1 Å². The molecule has 2 atom stereocenters. The third kappa shape index (κ3) is 2.88. The van der Waals surface area contributed by atoms with Gasteiger partial charge in [-0.3, -0.25) is 9.59 Å². The van der Waals surface area contributed by atoms with Crippen LogP contribution in [0.1, 0.15) is 57.7 Å². The van der Waals surface area contributed by atoms with Crippen LogP contribution in [0.25, 0.3) is 10.9 Å². The highest BCUT2D eigenvalue weighted by atomic mass is 16.5. The van der Waals surface area contributed by atoms with Gasteiger partial charge in [0.2, 0.25) is 5.91 Å². The van der Waals surface area contributed by atoms with E-state index in [0.717, 1.165) is 17.6 Å². The molecule has 6 nitrogen and oxygen atoms in total. The van der Waals surface area contributed by atoms with Gasteiger partial charge in [0.15, 0.2) is 0 Å². The molecule has 6 heteroatoms. The van der Waals surface area contributed by atoms with Gasteiger partial charge in [0.05, 0.1) is 12.1 Å². The summed E-state index contributed by atoms with van der Waals surface area (Å²) in [6, 6.07) is 8.21. The molecule has 154 valence electrons. The zero-order chi connectivity index (χ0) is 20.8. The summed E-state index contributed by atoms with van der Waals surface area (Å²) in [5.41, 5.74) is 1.66. The van der Waals surface area contributed by atoms with Gasteiger partial charge in [-0.05, 0) is 58.1 Å². The Balaban J connectivity index is 1.75. The summed E-state index contributed by atoms with van der Waals surface area (Å²) in [7, 11) is 0. The van der Waals surface area contributed by atoms with Crippen LogP contribution in [0.4, 0.5) is 0 Å². The second-order valence-electron chi connectivity index (χ2n) is 8.51. The molecule has 0 aliphatic carbocycles. The van der Waals surface area contributed by atoms with Gasteiger partial charge in [0.1, 0.15) is 11.2 Å². The molecule has 1 fully saturated rings. The number of aromatic nitrogens is 1. The van der Waals surface area contributed by atoms with Gasteiger partial charge in [0.25, 0.3) is 0 Å². The van der Waals surface area contributed by atoms with Crippen molar-refractivity contribution in [1.29, 1.82) is 0 Å². The monoisotopic (exact) mass is 396 g/mol. The molecule has 1 saturated heterocycles. The Labute approximate surface area is 170 Å². The average molecular weight is 396 g/mol. The van der Waals surface area contributed by atoms with Crippen molar-refractivity contribution < 1.29 is 19.1 Å². The number of nitrogens with one attached hydrogen (secondary N) is 1. The predicted octanol–water partition coefficient (Wildman–Crippen LogP) is 3.48. The normalized spacial score (nSPS) is 26.2. The fourth-order valence-electron chi connectivity index (χ4n) is 5.11. The largest absolute Gasteiger partial charge is 0.465 e. The van der Waals surface area contributed by atoms with Crippen molar-refractivity contribution >= 4 is 28.6 Å². The maximum Gasteiger partial charge on any atom is 0.321 e. The van der Waals surface area contributed by atoms with Crippen LogP contribution in [0.3, 0.4) is 0 Å². The number of carbonyl (C=O) groups is 3. The molecule has 2 aliphatic rings. The third-order valence-corrected chi connectivity index (χ3v) is 6.80. The molecule has 0 radical (unpaired) electrons. The van der Waals surface area contributed by atoms with Gasteiger partial charge in [-0.15, -0.1) is 0 Å². The van der Waals surface area contributed by atoms with E-state index in [1.54, 1.807) is 6.92 Å².